The summed E-state index contributed by atoms with van der Waals surface area (Å²) in [4.78, 5) is 0. The molecule has 4 aromatic carbocycles. The van der Waals surface area contributed by atoms with Gasteiger partial charge in [0.2, 0.25) is 0 Å². The predicted molar refractivity (Wildman–Crippen MR) is 187 cm³/mol. The molecule has 12 heteroatoms. The Morgan fingerprint density at radius 1 is 0.583 bits per heavy atom. The van der Waals surface area contributed by atoms with Gasteiger partial charge in [-0.2, -0.15) is 4.33 Å². The molecule has 2 aliphatic rings. The van der Waals surface area contributed by atoms with Gasteiger partial charge in [-0.1, -0.05) is 121 Å². The number of hydrogen-bond acceptors (Lipinski definition) is 7. The quantitative estimate of drug-likeness (QED) is 0.0519. The van der Waals surface area contributed by atoms with E-state index >= 15 is 0 Å². The number of hydrogen-bond donors (Lipinski definition) is 0. The topological polar surface area (TPSA) is 98.7 Å². The van der Waals surface area contributed by atoms with Gasteiger partial charge in [0.25, 0.3) is 0 Å². The first kappa shape index (κ1) is 41.9. The molecule has 0 radical (unpaired) electrons. The third-order valence-corrected chi connectivity index (χ3v) is 17.7. The van der Waals surface area contributed by atoms with Crippen molar-refractivity contribution in [3.05, 3.63) is 121 Å². The van der Waals surface area contributed by atoms with Crippen LogP contribution in [0.2, 0.25) is 0 Å². The van der Waals surface area contributed by atoms with Gasteiger partial charge in [-0.25, -0.2) is 8.42 Å². The monoisotopic (exact) mass is 770 g/mol. The summed E-state index contributed by atoms with van der Waals surface area (Å²) < 4.78 is 42.9. The largest absolute Gasteiger partial charge is 1.00 e. The molecular weight excluding hydrogens is 733 g/mol. The van der Waals surface area contributed by atoms with Gasteiger partial charge < -0.3 is 9.81 Å². The first-order chi connectivity index (χ1) is 22.4. The molecule has 0 amide bonds. The Morgan fingerprint density at radius 3 is 1.33 bits per heavy atom. The van der Waals surface area contributed by atoms with Crippen LogP contribution in [-0.2, 0) is 19.5 Å². The van der Waals surface area contributed by atoms with Gasteiger partial charge in [-0.3, -0.25) is 5.04 Å². The minimum Gasteiger partial charge on any atom is -0.748 e. The molecule has 0 bridgehead atoms. The van der Waals surface area contributed by atoms with Gasteiger partial charge in [-0.05, 0) is 98.7 Å². The SMILES string of the molecule is O=S(=O)([O-])C1CCC(P(c2ccccc2)c2ccccc2)C(C2CC(SOO[O-])CCC2P(c2ccccc2)c2ccccc2)C1.[K+].[K+]. The summed E-state index contributed by atoms with van der Waals surface area (Å²) in [6.07, 6.45) is 3.88. The van der Waals surface area contributed by atoms with Crippen molar-refractivity contribution in [2.75, 3.05) is 0 Å². The van der Waals surface area contributed by atoms with E-state index in [1.54, 1.807) is 0 Å². The van der Waals surface area contributed by atoms with Crippen molar-refractivity contribution in [3.63, 3.8) is 0 Å². The van der Waals surface area contributed by atoms with Crippen LogP contribution < -0.4 is 129 Å². The van der Waals surface area contributed by atoms with Crippen LogP contribution in [0.15, 0.2) is 121 Å². The van der Waals surface area contributed by atoms with Gasteiger partial charge in [0.1, 0.15) is 0 Å². The summed E-state index contributed by atoms with van der Waals surface area (Å²) >= 11 is 1.08. The van der Waals surface area contributed by atoms with E-state index in [1.165, 1.54) is 21.2 Å². The molecule has 0 heterocycles. The Labute approximate surface area is 377 Å². The predicted octanol–water partition coefficient (Wildman–Crippen LogP) is -0.248. The van der Waals surface area contributed by atoms with Crippen LogP contribution in [0.5, 0.6) is 0 Å². The number of rotatable bonds is 11. The zero-order chi connectivity index (χ0) is 31.9. The van der Waals surface area contributed by atoms with Gasteiger partial charge >= 0.3 is 103 Å². The summed E-state index contributed by atoms with van der Waals surface area (Å²) in [5.41, 5.74) is 0.419. The molecule has 6 rings (SSSR count). The first-order valence-corrected chi connectivity index (χ1v) is 20.9. The second kappa shape index (κ2) is 20.6. The molecule has 0 spiro atoms. The van der Waals surface area contributed by atoms with E-state index < -0.39 is 31.2 Å². The van der Waals surface area contributed by atoms with E-state index in [9.17, 15) is 18.2 Å². The van der Waals surface area contributed by atoms with Crippen molar-refractivity contribution >= 4 is 59.2 Å². The zero-order valence-electron chi connectivity index (χ0n) is 27.4. The third kappa shape index (κ3) is 10.6. The first-order valence-electron chi connectivity index (χ1n) is 15.8. The van der Waals surface area contributed by atoms with Crippen molar-refractivity contribution in [1.82, 2.24) is 0 Å². The van der Waals surface area contributed by atoms with Crippen LogP contribution in [0.25, 0.3) is 0 Å². The van der Waals surface area contributed by atoms with Gasteiger partial charge in [-0.15, -0.1) is 0 Å². The molecule has 2 fully saturated rings. The van der Waals surface area contributed by atoms with Gasteiger partial charge in [0.15, 0.2) is 0 Å². The Bertz CT molecular complexity index is 1550. The minimum atomic E-state index is -4.47. The third-order valence-electron chi connectivity index (χ3n) is 9.59. The van der Waals surface area contributed by atoms with Crippen molar-refractivity contribution in [1.29, 1.82) is 0 Å². The van der Waals surface area contributed by atoms with Crippen LogP contribution in [-0.4, -0.2) is 34.8 Å². The Morgan fingerprint density at radius 2 is 0.958 bits per heavy atom. The van der Waals surface area contributed by atoms with Crippen LogP contribution in [0, 0.1) is 11.8 Å². The van der Waals surface area contributed by atoms with E-state index in [2.05, 4.69) is 102 Å². The summed E-state index contributed by atoms with van der Waals surface area (Å²) in [6.45, 7) is 0. The van der Waals surface area contributed by atoms with E-state index in [-0.39, 0.29) is 131 Å². The van der Waals surface area contributed by atoms with E-state index in [4.69, 9.17) is 4.33 Å². The molecule has 0 aliphatic heterocycles. The molecule has 4 aromatic rings. The van der Waals surface area contributed by atoms with E-state index in [0.29, 0.717) is 19.3 Å². The molecule has 6 atom stereocenters. The van der Waals surface area contributed by atoms with Crippen molar-refractivity contribution in [2.24, 2.45) is 11.8 Å². The fourth-order valence-electron chi connectivity index (χ4n) is 7.70. The normalized spacial score (nSPS) is 24.4. The second-order valence-corrected chi connectivity index (χ2v) is 19.7. The van der Waals surface area contributed by atoms with E-state index in [1.807, 2.05) is 24.3 Å². The molecular formula is C36H38K2O6P2S2. The van der Waals surface area contributed by atoms with Crippen LogP contribution in [0.1, 0.15) is 38.5 Å². The average Bonchev–Trinajstić information content (AvgIpc) is 3.09. The van der Waals surface area contributed by atoms with Crippen molar-refractivity contribution in [2.45, 2.75) is 60.3 Å². The average molecular weight is 771 g/mol. The second-order valence-electron chi connectivity index (χ2n) is 12.1. The summed E-state index contributed by atoms with van der Waals surface area (Å²) in [5.74, 6) is 0.0768. The number of benzene rings is 4. The summed E-state index contributed by atoms with van der Waals surface area (Å²) in [6, 6.07) is 42.5. The smallest absolute Gasteiger partial charge is 0.748 e. The Hall–Kier alpha value is 1.15. The molecule has 2 aliphatic carbocycles. The van der Waals surface area contributed by atoms with Crippen molar-refractivity contribution < 1.29 is 130 Å². The molecule has 48 heavy (non-hydrogen) atoms. The van der Waals surface area contributed by atoms with Gasteiger partial charge in [0, 0.05) is 22.5 Å². The molecule has 0 aromatic heterocycles. The molecule has 0 N–H and O–H groups in total. The maximum Gasteiger partial charge on any atom is 1.00 e. The fraction of sp³-hybridized carbons (Fsp3) is 0.333. The molecule has 0 saturated heterocycles. The molecule has 242 valence electrons. The molecule has 6 nitrogen and oxygen atoms in total. The van der Waals surface area contributed by atoms with Crippen molar-refractivity contribution in [3.8, 4) is 0 Å². The zero-order valence-corrected chi connectivity index (χ0v) is 37.1. The summed E-state index contributed by atoms with van der Waals surface area (Å²) in [7, 11) is -6.15. The van der Waals surface area contributed by atoms with Crippen LogP contribution in [0.3, 0.4) is 0 Å². The van der Waals surface area contributed by atoms with Gasteiger partial charge in [0.05, 0.1) is 10.1 Å². The fourth-order valence-corrected chi connectivity index (χ4v) is 15.6. The Balaban J connectivity index is 0.00000260. The summed E-state index contributed by atoms with van der Waals surface area (Å²) in [5, 5.41) is 18.9. The minimum absolute atomic E-state index is 0. The standard InChI is InChI=1S/C36H40O6P2S2.2K/c37-41-42-45-31-21-23-35(43(27-13-5-1-6-14-27)28-15-7-2-8-16-28)33(25-31)34-26-32(46(38,39)40)22-24-36(34)44(29-17-9-3-10-18-29)30-19-11-4-12-20-30;;/h1-20,31-37H,21-26H2,(H,38,39,40);;/q;2*+1/p-2. The van der Waals surface area contributed by atoms with Crippen LogP contribution >= 0.6 is 27.9 Å². The Kier molecular flexibility index (Phi) is 18.0. The van der Waals surface area contributed by atoms with E-state index in [0.717, 1.165) is 31.3 Å². The van der Waals surface area contributed by atoms with Crippen LogP contribution in [0.4, 0.5) is 0 Å². The molecule has 2 saturated carbocycles. The molecule has 6 unspecified atom stereocenters. The maximum absolute atomic E-state index is 12.7. The maximum atomic E-state index is 12.7.